The average molecular weight is 358 g/mol. The van der Waals surface area contributed by atoms with Crippen LogP contribution >= 0.6 is 11.3 Å². The van der Waals surface area contributed by atoms with Crippen molar-refractivity contribution in [2.45, 2.75) is 37.6 Å². The van der Waals surface area contributed by atoms with E-state index in [0.717, 1.165) is 24.2 Å². The Morgan fingerprint density at radius 1 is 1.36 bits per heavy atom. The van der Waals surface area contributed by atoms with Crippen LogP contribution in [0.1, 0.15) is 31.2 Å². The molecule has 2 fully saturated rings. The summed E-state index contributed by atoms with van der Waals surface area (Å²) in [6.07, 6.45) is 7.87. The zero-order valence-corrected chi connectivity index (χ0v) is 14.1. The van der Waals surface area contributed by atoms with Gasteiger partial charge in [0.15, 0.2) is 0 Å². The predicted molar refractivity (Wildman–Crippen MR) is 91.7 cm³/mol. The number of amides is 2. The minimum absolute atomic E-state index is 0.0749. The number of imide groups is 1. The van der Waals surface area contributed by atoms with E-state index in [2.05, 4.69) is 11.2 Å². The van der Waals surface area contributed by atoms with Crippen LogP contribution in [0.4, 0.5) is 4.39 Å². The van der Waals surface area contributed by atoms with Gasteiger partial charge in [0.1, 0.15) is 5.82 Å². The minimum atomic E-state index is -1.19. The van der Waals surface area contributed by atoms with Gasteiger partial charge in [0.2, 0.25) is 11.8 Å². The van der Waals surface area contributed by atoms with Crippen molar-refractivity contribution in [1.82, 2.24) is 9.88 Å². The lowest BCUT2D eigenvalue weighted by atomic mass is 9.63. The first-order valence-corrected chi connectivity index (χ1v) is 8.93. The maximum atomic E-state index is 14.9. The molecule has 2 amide bonds. The lowest BCUT2D eigenvalue weighted by Crippen LogP contribution is -2.42. The van der Waals surface area contributed by atoms with Gasteiger partial charge in [-0.15, -0.1) is 6.42 Å². The van der Waals surface area contributed by atoms with E-state index >= 15 is 0 Å². The molecule has 1 aromatic carbocycles. The molecule has 5 nitrogen and oxygen atoms in total. The Morgan fingerprint density at radius 2 is 2.16 bits per heavy atom. The zero-order chi connectivity index (χ0) is 17.8. The maximum absolute atomic E-state index is 14.9. The molecule has 1 aromatic heterocycles. The highest BCUT2D eigenvalue weighted by atomic mass is 32.1. The fourth-order valence-corrected chi connectivity index (χ4v) is 5.12. The molecule has 1 aliphatic heterocycles. The van der Waals surface area contributed by atoms with Gasteiger partial charge in [0, 0.05) is 5.56 Å². The van der Waals surface area contributed by atoms with Crippen LogP contribution in [-0.2, 0) is 21.5 Å². The number of hydrogen-bond acceptors (Lipinski definition) is 4. The maximum Gasteiger partial charge on any atom is 0.309 e. The van der Waals surface area contributed by atoms with E-state index < -0.39 is 23.1 Å². The molecule has 1 aliphatic carbocycles. The van der Waals surface area contributed by atoms with Crippen molar-refractivity contribution in [2.24, 2.45) is 5.92 Å². The lowest BCUT2D eigenvalue weighted by molar-refractivity contribution is -0.126. The highest BCUT2D eigenvalue weighted by Gasteiger charge is 2.58. The SMILES string of the molecule is C#CCn1c(=O)sc2cc(F)c(C34CCCCC3C(=O)NC4=O)cc21. The van der Waals surface area contributed by atoms with Gasteiger partial charge in [-0.1, -0.05) is 30.1 Å². The molecule has 2 atom stereocenters. The second-order valence-corrected chi connectivity index (χ2v) is 7.54. The van der Waals surface area contributed by atoms with Gasteiger partial charge in [-0.2, -0.15) is 0 Å². The van der Waals surface area contributed by atoms with Crippen LogP contribution < -0.4 is 10.2 Å². The largest absolute Gasteiger partial charge is 0.309 e. The molecule has 2 aliphatic rings. The quantitative estimate of drug-likeness (QED) is 0.659. The lowest BCUT2D eigenvalue weighted by Gasteiger charge is -2.36. The number of carbonyl (C=O) groups is 2. The predicted octanol–water partition coefficient (Wildman–Crippen LogP) is 1.92. The van der Waals surface area contributed by atoms with Crippen molar-refractivity contribution < 1.29 is 14.0 Å². The number of carbonyl (C=O) groups excluding carboxylic acids is 2. The van der Waals surface area contributed by atoms with Gasteiger partial charge < -0.3 is 0 Å². The molecule has 0 bridgehead atoms. The van der Waals surface area contributed by atoms with Gasteiger partial charge in [-0.05, 0) is 25.0 Å². The Kier molecular flexibility index (Phi) is 3.55. The summed E-state index contributed by atoms with van der Waals surface area (Å²) >= 11 is 0.917. The molecule has 1 N–H and O–H groups in total. The number of terminal acetylenes is 1. The number of fused-ring (bicyclic) bond motifs is 2. The topological polar surface area (TPSA) is 68.2 Å². The number of nitrogens with zero attached hydrogens (tertiary/aromatic N) is 1. The summed E-state index contributed by atoms with van der Waals surface area (Å²) in [5.74, 6) is 0.519. The molecule has 2 heterocycles. The van der Waals surface area contributed by atoms with Crippen LogP contribution in [-0.4, -0.2) is 16.4 Å². The molecule has 4 rings (SSSR count). The number of nitrogens with one attached hydrogen (secondary N) is 1. The van der Waals surface area contributed by atoms with Crippen molar-refractivity contribution in [3.05, 3.63) is 33.2 Å². The van der Waals surface area contributed by atoms with Crippen molar-refractivity contribution in [1.29, 1.82) is 0 Å². The Hall–Kier alpha value is -2.46. The standard InChI is InChI=1S/C18H15FN2O3S/c1-2-7-21-13-8-11(12(19)9-14(13)25-17(21)24)18-6-4-3-5-10(18)15(22)20-16(18)23/h1,8-10H,3-7H2,(H,20,22,23). The van der Waals surface area contributed by atoms with E-state index in [1.165, 1.54) is 16.7 Å². The normalized spacial score (nSPS) is 25.7. The van der Waals surface area contributed by atoms with E-state index in [1.54, 1.807) is 0 Å². The summed E-state index contributed by atoms with van der Waals surface area (Å²) in [5, 5.41) is 2.38. The van der Waals surface area contributed by atoms with Crippen molar-refractivity contribution in [3.8, 4) is 12.3 Å². The Labute approximate surface area is 146 Å². The number of halogens is 1. The zero-order valence-electron chi connectivity index (χ0n) is 13.3. The van der Waals surface area contributed by atoms with Gasteiger partial charge >= 0.3 is 4.87 Å². The summed E-state index contributed by atoms with van der Waals surface area (Å²) in [6.45, 7) is 0.0749. The van der Waals surface area contributed by atoms with Crippen molar-refractivity contribution >= 4 is 33.4 Å². The Balaban J connectivity index is 1.99. The second kappa shape index (κ2) is 5.53. The van der Waals surface area contributed by atoms with Crippen molar-refractivity contribution in [2.75, 3.05) is 0 Å². The smallest absolute Gasteiger partial charge is 0.295 e. The van der Waals surface area contributed by atoms with Gasteiger partial charge in [-0.3, -0.25) is 24.3 Å². The van der Waals surface area contributed by atoms with Gasteiger partial charge in [0.05, 0.1) is 28.1 Å². The number of rotatable bonds is 2. The molecule has 1 saturated heterocycles. The van der Waals surface area contributed by atoms with E-state index in [4.69, 9.17) is 6.42 Å². The summed E-state index contributed by atoms with van der Waals surface area (Å²) in [7, 11) is 0. The Bertz CT molecular complexity index is 1020. The molecule has 2 unspecified atom stereocenters. The number of thiazole rings is 1. The minimum Gasteiger partial charge on any atom is -0.295 e. The second-order valence-electron chi connectivity index (χ2n) is 6.55. The first-order valence-electron chi connectivity index (χ1n) is 8.11. The fourth-order valence-electron chi connectivity index (χ4n) is 4.22. The third-order valence-corrected chi connectivity index (χ3v) is 6.30. The monoisotopic (exact) mass is 358 g/mol. The molecular weight excluding hydrogens is 343 g/mol. The van der Waals surface area contributed by atoms with Crippen LogP contribution in [0.15, 0.2) is 16.9 Å². The fraction of sp³-hybridized carbons (Fsp3) is 0.389. The van der Waals surface area contributed by atoms with Crippen LogP contribution in [0.3, 0.4) is 0 Å². The van der Waals surface area contributed by atoms with Gasteiger partial charge in [0.25, 0.3) is 0 Å². The van der Waals surface area contributed by atoms with E-state index in [1.807, 2.05) is 0 Å². The summed E-state index contributed by atoms with van der Waals surface area (Å²) < 4.78 is 16.8. The number of aromatic nitrogens is 1. The number of benzene rings is 1. The summed E-state index contributed by atoms with van der Waals surface area (Å²) in [5.41, 5.74) is -0.487. The van der Waals surface area contributed by atoms with Crippen LogP contribution in [0.25, 0.3) is 10.2 Å². The summed E-state index contributed by atoms with van der Waals surface area (Å²) in [6, 6.07) is 2.82. The molecule has 25 heavy (non-hydrogen) atoms. The van der Waals surface area contributed by atoms with E-state index in [9.17, 15) is 18.8 Å². The molecule has 7 heteroatoms. The van der Waals surface area contributed by atoms with E-state index in [-0.39, 0.29) is 22.9 Å². The summed E-state index contributed by atoms with van der Waals surface area (Å²) in [4.78, 5) is 36.7. The first-order chi connectivity index (χ1) is 12.0. The molecule has 2 aromatic rings. The molecule has 0 spiro atoms. The molecule has 128 valence electrons. The van der Waals surface area contributed by atoms with Crippen LogP contribution in [0.2, 0.25) is 0 Å². The third kappa shape index (κ3) is 2.10. The third-order valence-electron chi connectivity index (χ3n) is 5.35. The molecular formula is C18H15FN2O3S. The van der Waals surface area contributed by atoms with E-state index in [0.29, 0.717) is 23.1 Å². The highest BCUT2D eigenvalue weighted by molar-refractivity contribution is 7.16. The van der Waals surface area contributed by atoms with Crippen LogP contribution in [0.5, 0.6) is 0 Å². The molecule has 0 radical (unpaired) electrons. The van der Waals surface area contributed by atoms with Gasteiger partial charge in [-0.25, -0.2) is 4.39 Å². The number of hydrogen-bond donors (Lipinski definition) is 1. The van der Waals surface area contributed by atoms with Crippen LogP contribution in [0, 0.1) is 24.1 Å². The first kappa shape index (κ1) is 16.0. The highest BCUT2D eigenvalue weighted by Crippen LogP contribution is 2.48. The van der Waals surface area contributed by atoms with Crippen molar-refractivity contribution in [3.63, 3.8) is 0 Å². The molecule has 1 saturated carbocycles. The average Bonchev–Trinajstić information content (AvgIpc) is 3.02. The Morgan fingerprint density at radius 3 is 2.92 bits per heavy atom.